The Hall–Kier alpha value is -2.01. The van der Waals surface area contributed by atoms with Gasteiger partial charge in [-0.25, -0.2) is 4.57 Å². The topological polar surface area (TPSA) is 107 Å². The summed E-state index contributed by atoms with van der Waals surface area (Å²) in [6, 6.07) is 11.1. The average molecular weight is 324 g/mol. The third-order valence-corrected chi connectivity index (χ3v) is 3.59. The van der Waals surface area contributed by atoms with Gasteiger partial charge in [-0.3, -0.25) is 9.79 Å². The number of benzene rings is 2. The summed E-state index contributed by atoms with van der Waals surface area (Å²) in [5, 5.41) is 19.1. The molecule has 0 saturated heterocycles. The minimum atomic E-state index is -4.67. The maximum atomic E-state index is 11.0. The Morgan fingerprint density at radius 2 is 1.64 bits per heavy atom. The van der Waals surface area contributed by atoms with Crippen molar-refractivity contribution in [2.75, 3.05) is 0 Å². The van der Waals surface area contributed by atoms with Crippen molar-refractivity contribution in [3.8, 4) is 17.2 Å². The molecule has 22 heavy (non-hydrogen) atoms. The molecule has 0 spiro atoms. The van der Waals surface area contributed by atoms with Crippen LogP contribution in [0.4, 0.5) is 0 Å². The molecule has 2 rings (SSSR count). The van der Waals surface area contributed by atoms with Gasteiger partial charge in [0.25, 0.3) is 0 Å². The minimum Gasteiger partial charge on any atom is -0.508 e. The van der Waals surface area contributed by atoms with E-state index in [1.165, 1.54) is 18.2 Å². The summed E-state index contributed by atoms with van der Waals surface area (Å²) in [7, 11) is -4.67. The average Bonchev–Trinajstić information content (AvgIpc) is 2.42. The van der Waals surface area contributed by atoms with E-state index in [9.17, 15) is 14.8 Å². The molecule has 0 fully saturated rings. The van der Waals surface area contributed by atoms with Crippen LogP contribution in [0.5, 0.6) is 17.2 Å². The van der Waals surface area contributed by atoms with Crippen molar-refractivity contribution in [1.29, 1.82) is 0 Å². The Bertz CT molecular complexity index is 677. The van der Waals surface area contributed by atoms with Crippen molar-refractivity contribution >= 4 is 7.82 Å². The highest BCUT2D eigenvalue weighted by Gasteiger charge is 2.19. The lowest BCUT2D eigenvalue weighted by atomic mass is 10.0. The van der Waals surface area contributed by atoms with Crippen LogP contribution in [0.25, 0.3) is 0 Å². The lowest BCUT2D eigenvalue weighted by Gasteiger charge is -2.13. The molecule has 0 aliphatic carbocycles. The summed E-state index contributed by atoms with van der Waals surface area (Å²) in [6.45, 7) is 0. The number of hydrogen-bond donors (Lipinski definition) is 4. The molecule has 0 aromatic heterocycles. The molecule has 0 amide bonds. The van der Waals surface area contributed by atoms with Gasteiger partial charge in [-0.1, -0.05) is 18.2 Å². The van der Waals surface area contributed by atoms with Crippen molar-refractivity contribution in [1.82, 2.24) is 0 Å². The van der Waals surface area contributed by atoms with Crippen LogP contribution >= 0.6 is 7.82 Å². The number of phosphoric acid groups is 1. The first-order valence-corrected chi connectivity index (χ1v) is 8.22. The predicted octanol–water partition coefficient (Wildman–Crippen LogP) is 2.74. The summed E-state index contributed by atoms with van der Waals surface area (Å²) in [5.74, 6) is 0.123. The Morgan fingerprint density at radius 3 is 2.27 bits per heavy atom. The van der Waals surface area contributed by atoms with Crippen LogP contribution in [0.1, 0.15) is 17.5 Å². The number of hydrogen-bond acceptors (Lipinski definition) is 4. The van der Waals surface area contributed by atoms with Crippen LogP contribution < -0.4 is 4.52 Å². The molecule has 0 heterocycles. The highest BCUT2D eigenvalue weighted by atomic mass is 31.2. The zero-order valence-corrected chi connectivity index (χ0v) is 12.6. The second-order valence-corrected chi connectivity index (χ2v) is 6.02. The molecule has 4 N–H and O–H groups in total. The van der Waals surface area contributed by atoms with E-state index < -0.39 is 7.82 Å². The lowest BCUT2D eigenvalue weighted by molar-refractivity contribution is 0.281. The molecule has 0 unspecified atom stereocenters. The molecular weight excluding hydrogens is 307 g/mol. The van der Waals surface area contributed by atoms with E-state index in [-0.39, 0.29) is 17.2 Å². The van der Waals surface area contributed by atoms with Gasteiger partial charge in [0, 0.05) is 5.56 Å². The zero-order chi connectivity index (χ0) is 16.2. The van der Waals surface area contributed by atoms with E-state index in [0.29, 0.717) is 24.8 Å². The van der Waals surface area contributed by atoms with Crippen LogP contribution in [-0.4, -0.2) is 20.0 Å². The Morgan fingerprint density at radius 1 is 0.955 bits per heavy atom. The number of aromatic hydroxyl groups is 2. The van der Waals surface area contributed by atoms with Crippen LogP contribution in [0.15, 0.2) is 42.5 Å². The van der Waals surface area contributed by atoms with E-state index in [1.54, 1.807) is 24.3 Å². The molecule has 0 saturated carbocycles. The van der Waals surface area contributed by atoms with E-state index in [0.717, 1.165) is 5.56 Å². The molecule has 118 valence electrons. The zero-order valence-electron chi connectivity index (χ0n) is 11.7. The van der Waals surface area contributed by atoms with Crippen molar-refractivity contribution in [2.24, 2.45) is 0 Å². The molecule has 7 heteroatoms. The predicted molar refractivity (Wildman–Crippen MR) is 80.9 cm³/mol. The molecular formula is C15H17O6P. The van der Waals surface area contributed by atoms with Gasteiger partial charge in [-0.2, -0.15) is 0 Å². The molecule has 0 aliphatic rings. The number of rotatable bonds is 6. The molecule has 0 bridgehead atoms. The SMILES string of the molecule is O=P(O)(O)Oc1cccc(O)c1CCCc1ccc(O)cc1. The van der Waals surface area contributed by atoms with Gasteiger partial charge >= 0.3 is 7.82 Å². The normalized spacial score (nSPS) is 11.4. The quantitative estimate of drug-likeness (QED) is 0.609. The smallest absolute Gasteiger partial charge is 0.508 e. The summed E-state index contributed by atoms with van der Waals surface area (Å²) < 4.78 is 15.6. The van der Waals surface area contributed by atoms with E-state index in [2.05, 4.69) is 4.52 Å². The van der Waals surface area contributed by atoms with Crippen molar-refractivity contribution in [2.45, 2.75) is 19.3 Å². The second kappa shape index (κ2) is 6.83. The van der Waals surface area contributed by atoms with Gasteiger partial charge in [0.05, 0.1) is 0 Å². The molecule has 6 nitrogen and oxygen atoms in total. The van der Waals surface area contributed by atoms with Gasteiger partial charge in [0.1, 0.15) is 17.2 Å². The monoisotopic (exact) mass is 324 g/mol. The highest BCUT2D eigenvalue weighted by Crippen LogP contribution is 2.41. The van der Waals surface area contributed by atoms with E-state index in [1.807, 2.05) is 0 Å². The number of phosphoric ester groups is 1. The minimum absolute atomic E-state index is 0.0148. The maximum absolute atomic E-state index is 11.0. The summed E-state index contributed by atoms with van der Waals surface area (Å²) in [4.78, 5) is 17.8. The summed E-state index contributed by atoms with van der Waals surface area (Å²) >= 11 is 0. The molecule has 2 aromatic carbocycles. The molecule has 0 aliphatic heterocycles. The Labute approximate surface area is 127 Å². The maximum Gasteiger partial charge on any atom is 0.524 e. The van der Waals surface area contributed by atoms with E-state index in [4.69, 9.17) is 9.79 Å². The second-order valence-electron chi connectivity index (χ2n) is 4.86. The van der Waals surface area contributed by atoms with Crippen LogP contribution in [-0.2, 0) is 17.4 Å². The number of phenolic OH excluding ortho intramolecular Hbond substituents is 2. The Balaban J connectivity index is 2.05. The van der Waals surface area contributed by atoms with Crippen LogP contribution in [0.2, 0.25) is 0 Å². The first kappa shape index (κ1) is 16.4. The van der Waals surface area contributed by atoms with Gasteiger partial charge < -0.3 is 14.7 Å². The molecule has 0 radical (unpaired) electrons. The number of aryl methyl sites for hydroxylation is 1. The van der Waals surface area contributed by atoms with Gasteiger partial charge in [-0.05, 0) is 49.1 Å². The lowest BCUT2D eigenvalue weighted by Crippen LogP contribution is -1.97. The molecule has 2 aromatic rings. The third-order valence-electron chi connectivity index (χ3n) is 3.15. The fraction of sp³-hybridized carbons (Fsp3) is 0.200. The van der Waals surface area contributed by atoms with Crippen molar-refractivity contribution < 1.29 is 29.1 Å². The largest absolute Gasteiger partial charge is 0.524 e. The highest BCUT2D eigenvalue weighted by molar-refractivity contribution is 7.46. The fourth-order valence-corrected chi connectivity index (χ4v) is 2.58. The summed E-state index contributed by atoms with van der Waals surface area (Å²) in [6.07, 6.45) is 1.76. The Kier molecular flexibility index (Phi) is 5.08. The molecule has 0 atom stereocenters. The summed E-state index contributed by atoms with van der Waals surface area (Å²) in [5.41, 5.74) is 1.38. The van der Waals surface area contributed by atoms with Crippen LogP contribution in [0.3, 0.4) is 0 Å². The first-order chi connectivity index (χ1) is 10.3. The van der Waals surface area contributed by atoms with Gasteiger partial charge in [0.2, 0.25) is 0 Å². The van der Waals surface area contributed by atoms with Gasteiger partial charge in [0.15, 0.2) is 0 Å². The van der Waals surface area contributed by atoms with E-state index >= 15 is 0 Å². The van der Waals surface area contributed by atoms with Crippen LogP contribution in [0, 0.1) is 0 Å². The standard InChI is InChI=1S/C15H17O6P/c16-12-9-7-11(8-10-12)3-1-4-13-14(17)5-2-6-15(13)21-22(18,19)20/h2,5-10,16-17H,1,3-4H2,(H2,18,19,20). The number of phenols is 2. The first-order valence-electron chi connectivity index (χ1n) is 6.69. The van der Waals surface area contributed by atoms with Crippen molar-refractivity contribution in [3.05, 3.63) is 53.6 Å². The van der Waals surface area contributed by atoms with Gasteiger partial charge in [-0.15, -0.1) is 0 Å². The van der Waals surface area contributed by atoms with Crippen molar-refractivity contribution in [3.63, 3.8) is 0 Å². The third kappa shape index (κ3) is 4.77. The fourth-order valence-electron chi connectivity index (χ4n) is 2.15.